The zero-order chi connectivity index (χ0) is 13.8. The highest BCUT2D eigenvalue weighted by molar-refractivity contribution is 7.10. The van der Waals surface area contributed by atoms with Gasteiger partial charge in [-0.2, -0.15) is 0 Å². The molecule has 0 aliphatic carbocycles. The Bertz CT molecular complexity index is 551. The molecule has 1 unspecified atom stereocenters. The Morgan fingerprint density at radius 1 is 1.21 bits per heavy atom. The highest BCUT2D eigenvalue weighted by Gasteiger charge is 2.18. The number of benzene rings is 1. The predicted octanol–water partition coefficient (Wildman–Crippen LogP) is 5.45. The van der Waals surface area contributed by atoms with E-state index in [9.17, 15) is 0 Å². The lowest BCUT2D eigenvalue weighted by atomic mass is 10.0. The summed E-state index contributed by atoms with van der Waals surface area (Å²) in [6, 6.07) is 8.24. The molecule has 0 fully saturated rings. The minimum Gasteiger partial charge on any atom is -0.306 e. The van der Waals surface area contributed by atoms with E-state index in [-0.39, 0.29) is 6.04 Å². The van der Waals surface area contributed by atoms with Gasteiger partial charge in [-0.1, -0.05) is 42.3 Å². The van der Waals surface area contributed by atoms with Crippen LogP contribution in [-0.4, -0.2) is 6.54 Å². The van der Waals surface area contributed by atoms with E-state index in [0.29, 0.717) is 0 Å². The van der Waals surface area contributed by atoms with Gasteiger partial charge < -0.3 is 5.32 Å². The fourth-order valence-electron chi connectivity index (χ4n) is 2.01. The van der Waals surface area contributed by atoms with E-state index in [4.69, 9.17) is 23.2 Å². The molecular weight excluding hydrogens is 297 g/mol. The van der Waals surface area contributed by atoms with Crippen LogP contribution in [0.25, 0.3) is 0 Å². The predicted molar refractivity (Wildman–Crippen MR) is 85.7 cm³/mol. The Morgan fingerprint density at radius 2 is 2.00 bits per heavy atom. The Balaban J connectivity index is 2.37. The summed E-state index contributed by atoms with van der Waals surface area (Å²) in [5.41, 5.74) is 2.30. The van der Waals surface area contributed by atoms with Crippen LogP contribution >= 0.6 is 34.5 Å². The Labute approximate surface area is 128 Å². The topological polar surface area (TPSA) is 12.0 Å². The van der Waals surface area contributed by atoms with Gasteiger partial charge in [0.2, 0.25) is 0 Å². The molecule has 1 aromatic heterocycles. The maximum Gasteiger partial charge on any atom is 0.0686 e. The molecule has 1 aromatic carbocycles. The van der Waals surface area contributed by atoms with E-state index in [1.54, 1.807) is 11.3 Å². The van der Waals surface area contributed by atoms with Crippen molar-refractivity contribution in [2.24, 2.45) is 0 Å². The van der Waals surface area contributed by atoms with E-state index in [1.165, 1.54) is 5.56 Å². The van der Waals surface area contributed by atoms with Crippen LogP contribution in [0.1, 0.15) is 35.4 Å². The molecule has 0 bridgehead atoms. The van der Waals surface area contributed by atoms with Crippen molar-refractivity contribution < 1.29 is 0 Å². The summed E-state index contributed by atoms with van der Waals surface area (Å²) in [5.74, 6) is 0. The molecule has 1 heterocycles. The molecule has 0 aliphatic rings. The third-order valence-electron chi connectivity index (χ3n) is 3.02. The minimum absolute atomic E-state index is 0.142. The standard InChI is InChI=1S/C15H17Cl2NS/c1-3-7-18-14(15-13(17)6-8-19-15)11-4-5-12(16)10(2)9-11/h4-6,8-9,14,18H,3,7H2,1-2H3. The first kappa shape index (κ1) is 14.9. The molecule has 19 heavy (non-hydrogen) atoms. The molecular formula is C15H17Cl2NS. The smallest absolute Gasteiger partial charge is 0.0686 e. The van der Waals surface area contributed by atoms with Gasteiger partial charge in [-0.15, -0.1) is 11.3 Å². The normalized spacial score (nSPS) is 12.6. The van der Waals surface area contributed by atoms with E-state index in [1.807, 2.05) is 24.4 Å². The number of nitrogens with one attached hydrogen (secondary N) is 1. The van der Waals surface area contributed by atoms with Crippen molar-refractivity contribution in [1.29, 1.82) is 0 Å². The van der Waals surface area contributed by atoms with Crippen LogP contribution in [0.15, 0.2) is 29.6 Å². The molecule has 0 amide bonds. The molecule has 0 saturated carbocycles. The molecule has 0 aliphatic heterocycles. The van der Waals surface area contributed by atoms with Crippen molar-refractivity contribution in [3.05, 3.63) is 55.7 Å². The number of thiophene rings is 1. The summed E-state index contributed by atoms with van der Waals surface area (Å²) in [6.45, 7) is 5.15. The first-order valence-corrected chi connectivity index (χ1v) is 7.99. The Hall–Kier alpha value is -0.540. The van der Waals surface area contributed by atoms with Gasteiger partial charge in [-0.05, 0) is 48.5 Å². The second-order valence-corrected chi connectivity index (χ2v) is 6.29. The van der Waals surface area contributed by atoms with Crippen molar-refractivity contribution in [2.75, 3.05) is 6.54 Å². The zero-order valence-electron chi connectivity index (χ0n) is 11.0. The molecule has 0 saturated heterocycles. The summed E-state index contributed by atoms with van der Waals surface area (Å²) in [5, 5.41) is 7.21. The lowest BCUT2D eigenvalue weighted by molar-refractivity contribution is 0.606. The van der Waals surface area contributed by atoms with Crippen LogP contribution in [0.5, 0.6) is 0 Å². The lowest BCUT2D eigenvalue weighted by Crippen LogP contribution is -2.22. The van der Waals surface area contributed by atoms with E-state index in [0.717, 1.165) is 33.5 Å². The second kappa shape index (κ2) is 6.76. The molecule has 1 N–H and O–H groups in total. The maximum absolute atomic E-state index is 6.28. The van der Waals surface area contributed by atoms with Gasteiger partial charge in [0.1, 0.15) is 0 Å². The van der Waals surface area contributed by atoms with E-state index >= 15 is 0 Å². The van der Waals surface area contributed by atoms with Crippen LogP contribution in [0.2, 0.25) is 10.0 Å². The van der Waals surface area contributed by atoms with Crippen LogP contribution < -0.4 is 5.32 Å². The van der Waals surface area contributed by atoms with Gasteiger partial charge in [0.05, 0.1) is 11.1 Å². The van der Waals surface area contributed by atoms with Crippen LogP contribution in [0, 0.1) is 6.92 Å². The Morgan fingerprint density at radius 3 is 2.58 bits per heavy atom. The van der Waals surface area contributed by atoms with Crippen LogP contribution in [-0.2, 0) is 0 Å². The number of hydrogen-bond acceptors (Lipinski definition) is 2. The van der Waals surface area contributed by atoms with Crippen LogP contribution in [0.4, 0.5) is 0 Å². The molecule has 102 valence electrons. The van der Waals surface area contributed by atoms with E-state index < -0.39 is 0 Å². The average molecular weight is 314 g/mol. The van der Waals surface area contributed by atoms with Crippen LogP contribution in [0.3, 0.4) is 0 Å². The lowest BCUT2D eigenvalue weighted by Gasteiger charge is -2.19. The fourth-order valence-corrected chi connectivity index (χ4v) is 3.39. The molecule has 2 rings (SSSR count). The van der Waals surface area contributed by atoms with Gasteiger partial charge in [0, 0.05) is 9.90 Å². The molecule has 0 radical (unpaired) electrons. The molecule has 0 spiro atoms. The number of hydrogen-bond donors (Lipinski definition) is 1. The summed E-state index contributed by atoms with van der Waals surface area (Å²) in [6.07, 6.45) is 1.09. The average Bonchev–Trinajstić information content (AvgIpc) is 2.80. The third-order valence-corrected chi connectivity index (χ3v) is 4.87. The van der Waals surface area contributed by atoms with Crippen molar-refractivity contribution >= 4 is 34.5 Å². The fraction of sp³-hybridized carbons (Fsp3) is 0.333. The van der Waals surface area contributed by atoms with Gasteiger partial charge in [-0.25, -0.2) is 0 Å². The Kier molecular flexibility index (Phi) is 5.28. The summed E-state index contributed by atoms with van der Waals surface area (Å²) in [7, 11) is 0. The summed E-state index contributed by atoms with van der Waals surface area (Å²) < 4.78 is 0. The minimum atomic E-state index is 0.142. The van der Waals surface area contributed by atoms with Gasteiger partial charge in [0.15, 0.2) is 0 Å². The van der Waals surface area contributed by atoms with Crippen molar-refractivity contribution in [3.8, 4) is 0 Å². The molecule has 2 aromatic rings. The monoisotopic (exact) mass is 313 g/mol. The quantitative estimate of drug-likeness (QED) is 0.773. The molecule has 4 heteroatoms. The number of halogens is 2. The highest BCUT2D eigenvalue weighted by Crippen LogP contribution is 2.34. The van der Waals surface area contributed by atoms with Crippen molar-refractivity contribution in [3.63, 3.8) is 0 Å². The van der Waals surface area contributed by atoms with Gasteiger partial charge in [-0.3, -0.25) is 0 Å². The summed E-state index contributed by atoms with van der Waals surface area (Å²) >= 11 is 14.1. The number of aryl methyl sites for hydroxylation is 1. The maximum atomic E-state index is 6.28. The first-order chi connectivity index (χ1) is 9.13. The largest absolute Gasteiger partial charge is 0.306 e. The summed E-state index contributed by atoms with van der Waals surface area (Å²) in [4.78, 5) is 1.16. The molecule has 1 nitrogen and oxygen atoms in total. The van der Waals surface area contributed by atoms with E-state index in [2.05, 4.69) is 24.4 Å². The first-order valence-electron chi connectivity index (χ1n) is 6.35. The van der Waals surface area contributed by atoms with Crippen molar-refractivity contribution in [1.82, 2.24) is 5.32 Å². The third kappa shape index (κ3) is 3.51. The highest BCUT2D eigenvalue weighted by atomic mass is 35.5. The SMILES string of the molecule is CCCNC(c1ccc(Cl)c(C)c1)c1sccc1Cl. The van der Waals surface area contributed by atoms with Gasteiger partial charge >= 0.3 is 0 Å². The second-order valence-electron chi connectivity index (χ2n) is 4.53. The van der Waals surface area contributed by atoms with Crippen molar-refractivity contribution in [2.45, 2.75) is 26.3 Å². The molecule has 1 atom stereocenters. The number of rotatable bonds is 5. The van der Waals surface area contributed by atoms with Gasteiger partial charge in [0.25, 0.3) is 0 Å². The zero-order valence-corrected chi connectivity index (χ0v) is 13.4.